The molecule has 2 fully saturated rings. The third kappa shape index (κ3) is 5.48. The van der Waals surface area contributed by atoms with Gasteiger partial charge in [0.1, 0.15) is 5.82 Å². The number of nitrogens with zero attached hydrogens (tertiary/aromatic N) is 3. The van der Waals surface area contributed by atoms with Crippen molar-refractivity contribution in [2.45, 2.75) is 49.6 Å². The highest BCUT2D eigenvalue weighted by atomic mass is 32.2. The van der Waals surface area contributed by atoms with Crippen molar-refractivity contribution in [1.82, 2.24) is 15.3 Å². The Hall–Kier alpha value is -2.12. The fraction of sp³-hybridized carbons (Fsp3) is 0.500. The van der Waals surface area contributed by atoms with Crippen molar-refractivity contribution in [3.63, 3.8) is 0 Å². The van der Waals surface area contributed by atoms with Crippen LogP contribution in [0.1, 0.15) is 54.2 Å². The van der Waals surface area contributed by atoms with Crippen LogP contribution in [0.4, 0.5) is 5.82 Å². The average molecular weight is 413 g/mol. The minimum Gasteiger partial charge on any atom is -0.378 e. The standard InChI is InChI=1S/C22H28N4O2S/c1-15(2)19-13-20(26-8-10-28-11-9-26)25-22(24-19)29-14-16-4-3-5-17(12-16)21(27)23-18-6-7-18/h3-5,12-13,15,18H,6-11,14H2,1-2H3,(H,23,27). The van der Waals surface area contributed by atoms with Gasteiger partial charge in [-0.15, -0.1) is 0 Å². The smallest absolute Gasteiger partial charge is 0.251 e. The summed E-state index contributed by atoms with van der Waals surface area (Å²) in [6.07, 6.45) is 2.19. The van der Waals surface area contributed by atoms with Gasteiger partial charge in [0, 0.05) is 42.2 Å². The lowest BCUT2D eigenvalue weighted by Gasteiger charge is -2.28. The van der Waals surface area contributed by atoms with Crippen LogP contribution in [0.2, 0.25) is 0 Å². The normalized spacial score (nSPS) is 16.9. The van der Waals surface area contributed by atoms with E-state index in [1.54, 1.807) is 11.8 Å². The maximum absolute atomic E-state index is 12.3. The number of amides is 1. The van der Waals surface area contributed by atoms with Gasteiger partial charge in [-0.1, -0.05) is 37.7 Å². The van der Waals surface area contributed by atoms with E-state index in [2.05, 4.69) is 36.2 Å². The Morgan fingerprint density at radius 1 is 1.24 bits per heavy atom. The number of thioether (sulfide) groups is 1. The van der Waals surface area contributed by atoms with Crippen LogP contribution in [0, 0.1) is 0 Å². The van der Waals surface area contributed by atoms with Gasteiger partial charge in [-0.25, -0.2) is 9.97 Å². The van der Waals surface area contributed by atoms with Crippen LogP contribution >= 0.6 is 11.8 Å². The van der Waals surface area contributed by atoms with Crippen LogP contribution in [0.3, 0.4) is 0 Å². The Labute approximate surface area is 176 Å². The van der Waals surface area contributed by atoms with E-state index >= 15 is 0 Å². The van der Waals surface area contributed by atoms with Crippen molar-refractivity contribution in [3.05, 3.63) is 47.2 Å². The number of carbonyl (C=O) groups excluding carboxylic acids is 1. The van der Waals surface area contributed by atoms with E-state index in [1.165, 1.54) is 0 Å². The molecule has 1 amide bonds. The Kier molecular flexibility index (Phi) is 6.35. The fourth-order valence-electron chi connectivity index (χ4n) is 3.19. The zero-order valence-corrected chi connectivity index (χ0v) is 17.9. The minimum atomic E-state index is 0.0204. The van der Waals surface area contributed by atoms with Crippen molar-refractivity contribution in [2.24, 2.45) is 0 Å². The lowest BCUT2D eigenvalue weighted by molar-refractivity contribution is 0.0951. The van der Waals surface area contributed by atoms with Crippen molar-refractivity contribution in [2.75, 3.05) is 31.2 Å². The van der Waals surface area contributed by atoms with E-state index in [0.717, 1.165) is 72.7 Å². The molecule has 1 aliphatic heterocycles. The molecule has 1 saturated heterocycles. The molecule has 29 heavy (non-hydrogen) atoms. The Morgan fingerprint density at radius 3 is 2.76 bits per heavy atom. The number of aromatic nitrogens is 2. The number of anilines is 1. The molecule has 4 rings (SSSR count). The SMILES string of the molecule is CC(C)c1cc(N2CCOCC2)nc(SCc2cccc(C(=O)NC3CC3)c2)n1. The highest BCUT2D eigenvalue weighted by Crippen LogP contribution is 2.26. The molecule has 1 aliphatic carbocycles. The first kappa shape index (κ1) is 20.2. The number of morpholine rings is 1. The molecule has 2 aliphatic rings. The molecule has 0 bridgehead atoms. The van der Waals surface area contributed by atoms with Gasteiger partial charge in [0.05, 0.1) is 13.2 Å². The number of rotatable bonds is 7. The zero-order valence-electron chi connectivity index (χ0n) is 17.1. The zero-order chi connectivity index (χ0) is 20.2. The molecule has 6 nitrogen and oxygen atoms in total. The maximum Gasteiger partial charge on any atom is 0.251 e. The number of hydrogen-bond acceptors (Lipinski definition) is 6. The molecule has 0 radical (unpaired) electrons. The fourth-order valence-corrected chi connectivity index (χ4v) is 4.00. The monoisotopic (exact) mass is 412 g/mol. The van der Waals surface area contributed by atoms with Crippen LogP contribution in [0.5, 0.6) is 0 Å². The number of carbonyl (C=O) groups is 1. The molecule has 0 atom stereocenters. The second-order valence-electron chi connectivity index (χ2n) is 7.92. The van der Waals surface area contributed by atoms with Crippen molar-refractivity contribution >= 4 is 23.5 Å². The quantitative estimate of drug-likeness (QED) is 0.553. The highest BCUT2D eigenvalue weighted by Gasteiger charge is 2.23. The first-order valence-corrected chi connectivity index (χ1v) is 11.3. The minimum absolute atomic E-state index is 0.0204. The van der Waals surface area contributed by atoms with E-state index in [-0.39, 0.29) is 5.91 Å². The van der Waals surface area contributed by atoms with Crippen molar-refractivity contribution in [1.29, 1.82) is 0 Å². The molecule has 0 spiro atoms. The van der Waals surface area contributed by atoms with Crippen LogP contribution in [0.25, 0.3) is 0 Å². The second-order valence-corrected chi connectivity index (χ2v) is 8.87. The van der Waals surface area contributed by atoms with E-state index in [9.17, 15) is 4.79 Å². The van der Waals surface area contributed by atoms with E-state index < -0.39 is 0 Å². The van der Waals surface area contributed by atoms with E-state index in [0.29, 0.717) is 12.0 Å². The van der Waals surface area contributed by atoms with Crippen molar-refractivity contribution < 1.29 is 9.53 Å². The molecule has 154 valence electrons. The van der Waals surface area contributed by atoms with E-state index in [1.807, 2.05) is 18.2 Å². The molecular formula is C22H28N4O2S. The first-order chi connectivity index (χ1) is 14.1. The molecule has 1 aromatic heterocycles. The van der Waals surface area contributed by atoms with Crippen LogP contribution < -0.4 is 10.2 Å². The van der Waals surface area contributed by atoms with Gasteiger partial charge < -0.3 is 15.0 Å². The Morgan fingerprint density at radius 2 is 2.03 bits per heavy atom. The number of hydrogen-bond donors (Lipinski definition) is 1. The average Bonchev–Trinajstić information content (AvgIpc) is 3.57. The molecule has 1 saturated carbocycles. The van der Waals surface area contributed by atoms with Gasteiger partial charge in [-0.2, -0.15) is 0 Å². The number of ether oxygens (including phenoxy) is 1. The third-order valence-electron chi connectivity index (χ3n) is 5.11. The summed E-state index contributed by atoms with van der Waals surface area (Å²) in [5, 5.41) is 3.83. The maximum atomic E-state index is 12.3. The summed E-state index contributed by atoms with van der Waals surface area (Å²) >= 11 is 1.62. The van der Waals surface area contributed by atoms with Gasteiger partial charge >= 0.3 is 0 Å². The lowest BCUT2D eigenvalue weighted by Crippen LogP contribution is -2.37. The van der Waals surface area contributed by atoms with Crippen LogP contribution in [-0.4, -0.2) is 48.2 Å². The Balaban J connectivity index is 1.47. The largest absolute Gasteiger partial charge is 0.378 e. The molecule has 0 unspecified atom stereocenters. The number of benzene rings is 1. The molecule has 7 heteroatoms. The van der Waals surface area contributed by atoms with E-state index in [4.69, 9.17) is 14.7 Å². The summed E-state index contributed by atoms with van der Waals surface area (Å²) in [5.74, 6) is 2.07. The topological polar surface area (TPSA) is 67.3 Å². The summed E-state index contributed by atoms with van der Waals surface area (Å²) in [6.45, 7) is 7.50. The van der Waals surface area contributed by atoms with Gasteiger partial charge in [0.15, 0.2) is 5.16 Å². The highest BCUT2D eigenvalue weighted by molar-refractivity contribution is 7.98. The number of nitrogens with one attached hydrogen (secondary N) is 1. The molecule has 2 aromatic rings. The Bertz CT molecular complexity index is 864. The summed E-state index contributed by atoms with van der Waals surface area (Å²) in [5.41, 5.74) is 2.88. The molecule has 1 N–H and O–H groups in total. The van der Waals surface area contributed by atoms with Crippen LogP contribution in [-0.2, 0) is 10.5 Å². The molecule has 1 aromatic carbocycles. The summed E-state index contributed by atoms with van der Waals surface area (Å²) in [6, 6.07) is 10.3. The van der Waals surface area contributed by atoms with Gasteiger partial charge in [0.2, 0.25) is 0 Å². The molecular weight excluding hydrogens is 384 g/mol. The molecule has 2 heterocycles. The first-order valence-electron chi connectivity index (χ1n) is 10.3. The summed E-state index contributed by atoms with van der Waals surface area (Å²) in [4.78, 5) is 24.1. The third-order valence-corrected chi connectivity index (χ3v) is 6.03. The van der Waals surface area contributed by atoms with Crippen LogP contribution in [0.15, 0.2) is 35.5 Å². The summed E-state index contributed by atoms with van der Waals surface area (Å²) in [7, 11) is 0. The van der Waals surface area contributed by atoms with Crippen molar-refractivity contribution in [3.8, 4) is 0 Å². The van der Waals surface area contributed by atoms with Gasteiger partial charge in [-0.3, -0.25) is 4.79 Å². The predicted molar refractivity (Wildman–Crippen MR) is 116 cm³/mol. The van der Waals surface area contributed by atoms with Gasteiger partial charge in [-0.05, 0) is 36.5 Å². The summed E-state index contributed by atoms with van der Waals surface area (Å²) < 4.78 is 5.47. The van der Waals surface area contributed by atoms with Gasteiger partial charge in [0.25, 0.3) is 5.91 Å². The predicted octanol–water partition coefficient (Wildman–Crippen LogP) is 3.62. The second kappa shape index (κ2) is 9.13. The lowest BCUT2D eigenvalue weighted by atomic mass is 10.1.